The van der Waals surface area contributed by atoms with Crippen molar-refractivity contribution in [3.05, 3.63) is 23.8 Å². The van der Waals surface area contributed by atoms with Gasteiger partial charge < -0.3 is 5.11 Å². The van der Waals surface area contributed by atoms with E-state index in [0.29, 0.717) is 29.6 Å². The molecular formula is C20H28O2. The molecule has 120 valence electrons. The van der Waals surface area contributed by atoms with Crippen molar-refractivity contribution in [2.75, 3.05) is 0 Å². The lowest BCUT2D eigenvalue weighted by atomic mass is 9.47. The van der Waals surface area contributed by atoms with Gasteiger partial charge in [-0.15, -0.1) is 0 Å². The third-order valence-electron chi connectivity index (χ3n) is 7.93. The average Bonchev–Trinajstić information content (AvgIpc) is 2.77. The van der Waals surface area contributed by atoms with E-state index < -0.39 is 6.10 Å². The number of hydrogen-bond donors (Lipinski definition) is 1. The molecule has 0 unspecified atom stereocenters. The van der Waals surface area contributed by atoms with Crippen molar-refractivity contribution in [1.82, 2.24) is 0 Å². The lowest BCUT2D eigenvalue weighted by molar-refractivity contribution is -0.118. The van der Waals surface area contributed by atoms with Crippen molar-refractivity contribution in [3.63, 3.8) is 0 Å². The number of aliphatic hydroxyl groups excluding tert-OH is 1. The van der Waals surface area contributed by atoms with Crippen molar-refractivity contribution in [2.24, 2.45) is 28.6 Å². The molecule has 4 aliphatic carbocycles. The number of carbonyl (C=O) groups excluding carboxylic acids is 1. The Hall–Kier alpha value is -0.890. The Bertz CT molecular complexity index is 574. The van der Waals surface area contributed by atoms with Gasteiger partial charge in [0.15, 0.2) is 5.78 Å². The highest BCUT2D eigenvalue weighted by Crippen LogP contribution is 2.66. The van der Waals surface area contributed by atoms with Crippen LogP contribution >= 0.6 is 0 Å². The topological polar surface area (TPSA) is 37.3 Å². The van der Waals surface area contributed by atoms with Crippen LogP contribution in [0.1, 0.15) is 58.8 Å². The largest absolute Gasteiger partial charge is 0.389 e. The van der Waals surface area contributed by atoms with Crippen LogP contribution in [0.4, 0.5) is 0 Å². The average molecular weight is 300 g/mol. The van der Waals surface area contributed by atoms with Gasteiger partial charge in [-0.3, -0.25) is 4.79 Å². The summed E-state index contributed by atoms with van der Waals surface area (Å²) in [6.45, 7) is 9.08. The van der Waals surface area contributed by atoms with E-state index in [4.69, 9.17) is 0 Å². The SMILES string of the molecule is C=C1CC[C@H]2[C@@H]3C[C@H](O)C4=CC(=O)CC[C@]4(C)[C@H]3CC[C@]12C. The maximum atomic E-state index is 11.8. The van der Waals surface area contributed by atoms with Gasteiger partial charge in [-0.05, 0) is 78.8 Å². The lowest BCUT2D eigenvalue weighted by Gasteiger charge is -2.58. The molecule has 4 rings (SSSR count). The molecule has 0 heterocycles. The highest BCUT2D eigenvalue weighted by molar-refractivity contribution is 5.91. The number of aliphatic hydroxyl groups is 1. The van der Waals surface area contributed by atoms with Gasteiger partial charge in [-0.25, -0.2) is 0 Å². The van der Waals surface area contributed by atoms with Gasteiger partial charge in [0, 0.05) is 6.42 Å². The van der Waals surface area contributed by atoms with Gasteiger partial charge in [-0.1, -0.05) is 26.0 Å². The van der Waals surface area contributed by atoms with Gasteiger partial charge in [0.2, 0.25) is 0 Å². The molecule has 0 amide bonds. The first-order chi connectivity index (χ1) is 10.4. The normalized spacial score (nSPS) is 51.0. The summed E-state index contributed by atoms with van der Waals surface area (Å²) >= 11 is 0. The Balaban J connectivity index is 1.74. The van der Waals surface area contributed by atoms with Gasteiger partial charge in [0.25, 0.3) is 0 Å². The number of carbonyl (C=O) groups is 1. The number of hydrogen-bond acceptors (Lipinski definition) is 2. The minimum atomic E-state index is -0.410. The first kappa shape index (κ1) is 14.7. The van der Waals surface area contributed by atoms with E-state index in [0.717, 1.165) is 18.4 Å². The third kappa shape index (κ3) is 1.73. The smallest absolute Gasteiger partial charge is 0.155 e. The molecule has 3 saturated carbocycles. The molecule has 0 aromatic carbocycles. The van der Waals surface area contributed by atoms with E-state index in [1.165, 1.54) is 31.3 Å². The fourth-order valence-corrected chi connectivity index (χ4v) is 6.51. The molecule has 0 aliphatic heterocycles. The summed E-state index contributed by atoms with van der Waals surface area (Å²) in [5, 5.41) is 10.8. The van der Waals surface area contributed by atoms with Crippen molar-refractivity contribution >= 4 is 5.78 Å². The Morgan fingerprint density at radius 2 is 1.86 bits per heavy atom. The molecule has 6 atom stereocenters. The lowest BCUT2D eigenvalue weighted by Crippen LogP contribution is -2.53. The molecule has 2 heteroatoms. The standard InChI is InChI=1S/C20H28O2/c1-12-4-5-15-14-11-18(22)17-10-13(21)6-8-20(17,3)16(14)7-9-19(12,15)2/h10,14-16,18,22H,1,4-9,11H2,2-3H3/t14-,15-,16-,18-,19+,20+/m0/s1. The number of rotatable bonds is 0. The maximum Gasteiger partial charge on any atom is 0.155 e. The highest BCUT2D eigenvalue weighted by Gasteiger charge is 2.58. The van der Waals surface area contributed by atoms with Gasteiger partial charge in [0.1, 0.15) is 0 Å². The van der Waals surface area contributed by atoms with E-state index in [2.05, 4.69) is 20.4 Å². The summed E-state index contributed by atoms with van der Waals surface area (Å²) in [6.07, 6.45) is 8.70. The summed E-state index contributed by atoms with van der Waals surface area (Å²) in [6, 6.07) is 0. The Morgan fingerprint density at radius 1 is 1.14 bits per heavy atom. The van der Waals surface area contributed by atoms with Crippen molar-refractivity contribution in [3.8, 4) is 0 Å². The van der Waals surface area contributed by atoms with Crippen LogP contribution in [0.25, 0.3) is 0 Å². The van der Waals surface area contributed by atoms with Crippen molar-refractivity contribution in [2.45, 2.75) is 64.9 Å². The van der Waals surface area contributed by atoms with E-state index >= 15 is 0 Å². The van der Waals surface area contributed by atoms with Crippen molar-refractivity contribution < 1.29 is 9.90 Å². The quantitative estimate of drug-likeness (QED) is 0.685. The molecule has 4 aliphatic rings. The molecule has 0 radical (unpaired) electrons. The summed E-state index contributed by atoms with van der Waals surface area (Å²) in [5.74, 6) is 2.13. The molecule has 3 fully saturated rings. The summed E-state index contributed by atoms with van der Waals surface area (Å²) < 4.78 is 0. The zero-order chi connectivity index (χ0) is 15.7. The highest BCUT2D eigenvalue weighted by atomic mass is 16.3. The molecule has 0 spiro atoms. The zero-order valence-corrected chi connectivity index (χ0v) is 13.9. The Kier molecular flexibility index (Phi) is 3.05. The predicted molar refractivity (Wildman–Crippen MR) is 87.2 cm³/mol. The second-order valence-corrected chi connectivity index (χ2v) is 8.71. The Morgan fingerprint density at radius 3 is 2.64 bits per heavy atom. The first-order valence-corrected chi connectivity index (χ1v) is 8.97. The van der Waals surface area contributed by atoms with Crippen LogP contribution in [0, 0.1) is 28.6 Å². The number of ketones is 1. The second kappa shape index (κ2) is 4.56. The fraction of sp³-hybridized carbons (Fsp3) is 0.750. The van der Waals surface area contributed by atoms with Crippen LogP contribution in [0.3, 0.4) is 0 Å². The van der Waals surface area contributed by atoms with E-state index in [1.807, 2.05) is 0 Å². The van der Waals surface area contributed by atoms with Crippen LogP contribution in [-0.2, 0) is 4.79 Å². The Labute approximate surface area is 133 Å². The minimum Gasteiger partial charge on any atom is -0.389 e. The molecule has 0 aromatic heterocycles. The molecule has 0 bridgehead atoms. The molecule has 2 nitrogen and oxygen atoms in total. The molecule has 0 saturated heterocycles. The molecule has 22 heavy (non-hydrogen) atoms. The van der Waals surface area contributed by atoms with Crippen LogP contribution in [0.5, 0.6) is 0 Å². The van der Waals surface area contributed by atoms with Crippen molar-refractivity contribution in [1.29, 1.82) is 0 Å². The predicted octanol–water partition coefficient (Wildman–Crippen LogP) is 4.05. The third-order valence-corrected chi connectivity index (χ3v) is 7.93. The van der Waals surface area contributed by atoms with Crippen LogP contribution in [-0.4, -0.2) is 17.0 Å². The van der Waals surface area contributed by atoms with Crippen LogP contribution in [0.15, 0.2) is 23.8 Å². The number of allylic oxidation sites excluding steroid dienone is 1. The maximum absolute atomic E-state index is 11.8. The minimum absolute atomic E-state index is 0.0432. The monoisotopic (exact) mass is 300 g/mol. The summed E-state index contributed by atoms with van der Waals surface area (Å²) in [5.41, 5.74) is 2.82. The van der Waals surface area contributed by atoms with E-state index in [-0.39, 0.29) is 11.2 Å². The zero-order valence-electron chi connectivity index (χ0n) is 13.9. The first-order valence-electron chi connectivity index (χ1n) is 8.97. The van der Waals surface area contributed by atoms with Crippen LogP contribution < -0.4 is 0 Å². The second-order valence-electron chi connectivity index (χ2n) is 8.71. The fourth-order valence-electron chi connectivity index (χ4n) is 6.51. The van der Waals surface area contributed by atoms with Gasteiger partial charge >= 0.3 is 0 Å². The molecule has 1 N–H and O–H groups in total. The molecule has 0 aromatic rings. The number of fused-ring (bicyclic) bond motifs is 5. The summed E-state index contributed by atoms with van der Waals surface area (Å²) in [7, 11) is 0. The van der Waals surface area contributed by atoms with E-state index in [1.54, 1.807) is 6.08 Å². The summed E-state index contributed by atoms with van der Waals surface area (Å²) in [4.78, 5) is 11.8. The van der Waals surface area contributed by atoms with E-state index in [9.17, 15) is 9.90 Å². The van der Waals surface area contributed by atoms with Gasteiger partial charge in [-0.2, -0.15) is 0 Å². The van der Waals surface area contributed by atoms with Crippen LogP contribution in [0.2, 0.25) is 0 Å². The molecular weight excluding hydrogens is 272 g/mol. The van der Waals surface area contributed by atoms with Gasteiger partial charge in [0.05, 0.1) is 6.10 Å².